The average molecular weight is 417 g/mol. The Kier molecular flexibility index (Phi) is 6.92. The highest BCUT2D eigenvalue weighted by atomic mass is 32.2. The highest BCUT2D eigenvalue weighted by Crippen LogP contribution is 2.26. The molecule has 1 N–H and O–H groups in total. The van der Waals surface area contributed by atoms with E-state index >= 15 is 0 Å². The van der Waals surface area contributed by atoms with Crippen LogP contribution in [0.1, 0.15) is 25.3 Å². The lowest BCUT2D eigenvalue weighted by molar-refractivity contribution is 0.0678. The Balaban J connectivity index is 1.89. The number of nitrogens with zero attached hydrogens (tertiary/aromatic N) is 1. The molecule has 1 fully saturated rings. The maximum absolute atomic E-state index is 12.5. The Labute approximate surface area is 172 Å². The largest absolute Gasteiger partial charge is 0.450 e. The van der Waals surface area contributed by atoms with Gasteiger partial charge in [0, 0.05) is 12.6 Å². The van der Waals surface area contributed by atoms with Crippen molar-refractivity contribution in [2.24, 2.45) is 0 Å². The van der Waals surface area contributed by atoms with Crippen LogP contribution in [0.25, 0.3) is 11.1 Å². The molecule has 0 radical (unpaired) electrons. The summed E-state index contributed by atoms with van der Waals surface area (Å²) in [5.74, 6) is 0. The van der Waals surface area contributed by atoms with Crippen LogP contribution in [0.15, 0.2) is 54.6 Å². The van der Waals surface area contributed by atoms with Crippen LogP contribution < -0.4 is 4.72 Å². The topological polar surface area (TPSA) is 75.7 Å². The van der Waals surface area contributed by atoms with E-state index in [1.807, 2.05) is 30.3 Å². The third-order valence-corrected chi connectivity index (χ3v) is 5.86. The summed E-state index contributed by atoms with van der Waals surface area (Å²) in [5.41, 5.74) is 3.26. The Morgan fingerprint density at radius 1 is 1.14 bits per heavy atom. The first-order valence-corrected chi connectivity index (χ1v) is 11.8. The van der Waals surface area contributed by atoms with Crippen molar-refractivity contribution in [3.05, 3.63) is 60.2 Å². The minimum absolute atomic E-state index is 0.287. The zero-order valence-electron chi connectivity index (χ0n) is 16.9. The van der Waals surface area contributed by atoms with E-state index in [-0.39, 0.29) is 18.7 Å². The fourth-order valence-electron chi connectivity index (χ4n) is 3.90. The lowest BCUT2D eigenvalue weighted by atomic mass is 9.90. The SMILES string of the molecule is CCOC(=O)N1CCC[C@H](NS(C)(=O)=O)[C@@H]1Cc1cccc(-c2ccccc2)c1. The smallest absolute Gasteiger partial charge is 0.410 e. The van der Waals surface area contributed by atoms with Crippen LogP contribution in [0.3, 0.4) is 0 Å². The van der Waals surface area contributed by atoms with E-state index in [4.69, 9.17) is 4.74 Å². The lowest BCUT2D eigenvalue weighted by Crippen LogP contribution is -2.57. The van der Waals surface area contributed by atoms with Crippen molar-refractivity contribution in [3.8, 4) is 11.1 Å². The highest BCUT2D eigenvalue weighted by Gasteiger charge is 2.36. The van der Waals surface area contributed by atoms with Gasteiger partial charge < -0.3 is 9.64 Å². The van der Waals surface area contributed by atoms with Gasteiger partial charge in [-0.2, -0.15) is 0 Å². The monoisotopic (exact) mass is 416 g/mol. The zero-order chi connectivity index (χ0) is 20.9. The molecule has 0 bridgehead atoms. The number of nitrogens with one attached hydrogen (secondary N) is 1. The lowest BCUT2D eigenvalue weighted by Gasteiger charge is -2.40. The summed E-state index contributed by atoms with van der Waals surface area (Å²) >= 11 is 0. The molecule has 3 rings (SSSR count). The normalized spacial score (nSPS) is 19.7. The van der Waals surface area contributed by atoms with Gasteiger partial charge in [-0.25, -0.2) is 17.9 Å². The second kappa shape index (κ2) is 9.41. The number of ether oxygens (including phenoxy) is 1. The van der Waals surface area contributed by atoms with Crippen molar-refractivity contribution in [2.75, 3.05) is 19.4 Å². The minimum Gasteiger partial charge on any atom is -0.450 e. The van der Waals surface area contributed by atoms with Crippen LogP contribution in [-0.2, 0) is 21.2 Å². The number of sulfonamides is 1. The van der Waals surface area contributed by atoms with Crippen LogP contribution in [0.2, 0.25) is 0 Å². The molecule has 0 aliphatic carbocycles. The van der Waals surface area contributed by atoms with Gasteiger partial charge in [0.15, 0.2) is 0 Å². The summed E-state index contributed by atoms with van der Waals surface area (Å²) < 4.78 is 31.7. The van der Waals surface area contributed by atoms with Gasteiger partial charge in [0.05, 0.1) is 18.9 Å². The quantitative estimate of drug-likeness (QED) is 0.783. The molecule has 0 spiro atoms. The number of hydrogen-bond acceptors (Lipinski definition) is 4. The van der Waals surface area contributed by atoms with E-state index in [9.17, 15) is 13.2 Å². The van der Waals surface area contributed by atoms with Crippen molar-refractivity contribution in [3.63, 3.8) is 0 Å². The van der Waals surface area contributed by atoms with Gasteiger partial charge in [0.25, 0.3) is 0 Å². The first-order valence-electron chi connectivity index (χ1n) is 9.92. The molecule has 1 saturated heterocycles. The molecule has 0 saturated carbocycles. The Hall–Kier alpha value is -2.38. The molecule has 6 nitrogen and oxygen atoms in total. The third-order valence-electron chi connectivity index (χ3n) is 5.13. The molecular weight excluding hydrogens is 388 g/mol. The predicted molar refractivity (Wildman–Crippen MR) is 114 cm³/mol. The molecule has 7 heteroatoms. The van der Waals surface area contributed by atoms with Crippen LogP contribution in [0.5, 0.6) is 0 Å². The molecule has 156 valence electrons. The molecule has 0 unspecified atom stereocenters. The Morgan fingerprint density at radius 2 is 1.86 bits per heavy atom. The van der Waals surface area contributed by atoms with Crippen molar-refractivity contribution < 1.29 is 17.9 Å². The van der Waals surface area contributed by atoms with E-state index in [0.29, 0.717) is 19.4 Å². The maximum Gasteiger partial charge on any atom is 0.410 e. The Morgan fingerprint density at radius 3 is 2.55 bits per heavy atom. The molecule has 1 aliphatic rings. The number of benzene rings is 2. The molecular formula is C22H28N2O4S. The number of likely N-dealkylation sites (tertiary alicyclic amines) is 1. The first-order chi connectivity index (χ1) is 13.9. The van der Waals surface area contributed by atoms with Gasteiger partial charge >= 0.3 is 6.09 Å². The number of rotatable bonds is 6. The minimum atomic E-state index is -3.39. The molecule has 2 aromatic carbocycles. The predicted octanol–water partition coefficient (Wildman–Crippen LogP) is 3.43. The molecule has 1 amide bonds. The van der Waals surface area contributed by atoms with Gasteiger partial charge in [-0.3, -0.25) is 0 Å². The van der Waals surface area contributed by atoms with Crippen molar-refractivity contribution in [1.29, 1.82) is 0 Å². The zero-order valence-corrected chi connectivity index (χ0v) is 17.7. The fraction of sp³-hybridized carbons (Fsp3) is 0.409. The molecule has 1 aliphatic heterocycles. The van der Waals surface area contributed by atoms with Crippen LogP contribution in [0, 0.1) is 0 Å². The third kappa shape index (κ3) is 5.81. The van der Waals surface area contributed by atoms with Gasteiger partial charge in [-0.05, 0) is 42.9 Å². The van der Waals surface area contributed by atoms with Crippen molar-refractivity contribution in [2.45, 2.75) is 38.3 Å². The second-order valence-corrected chi connectivity index (χ2v) is 9.15. The summed E-state index contributed by atoms with van der Waals surface area (Å²) in [6, 6.07) is 17.6. The summed E-state index contributed by atoms with van der Waals surface area (Å²) in [4.78, 5) is 14.2. The van der Waals surface area contributed by atoms with E-state index < -0.39 is 16.1 Å². The van der Waals surface area contributed by atoms with Crippen molar-refractivity contribution >= 4 is 16.1 Å². The van der Waals surface area contributed by atoms with Gasteiger partial charge in [-0.15, -0.1) is 0 Å². The summed E-state index contributed by atoms with van der Waals surface area (Å²) in [5, 5.41) is 0. The Bertz CT molecular complexity index is 931. The van der Waals surface area contributed by atoms with Crippen LogP contribution in [-0.4, -0.2) is 50.9 Å². The average Bonchev–Trinajstić information content (AvgIpc) is 2.69. The van der Waals surface area contributed by atoms with E-state index in [0.717, 1.165) is 29.4 Å². The highest BCUT2D eigenvalue weighted by molar-refractivity contribution is 7.88. The van der Waals surface area contributed by atoms with Gasteiger partial charge in [-0.1, -0.05) is 54.6 Å². The van der Waals surface area contributed by atoms with Gasteiger partial charge in [0.1, 0.15) is 0 Å². The standard InChI is InChI=1S/C22H28N2O4S/c1-3-28-22(25)24-14-8-13-20(23-29(2,26)27)21(24)16-17-9-7-12-19(15-17)18-10-5-4-6-11-18/h4-7,9-12,15,20-21,23H,3,8,13-14,16H2,1-2H3/t20-,21-/m0/s1. The molecule has 29 heavy (non-hydrogen) atoms. The van der Waals surface area contributed by atoms with Crippen LogP contribution >= 0.6 is 0 Å². The summed E-state index contributed by atoms with van der Waals surface area (Å²) in [7, 11) is -3.39. The van der Waals surface area contributed by atoms with Crippen molar-refractivity contribution in [1.82, 2.24) is 9.62 Å². The second-order valence-electron chi connectivity index (χ2n) is 7.37. The molecule has 2 aromatic rings. The summed E-state index contributed by atoms with van der Waals surface area (Å²) in [6.45, 7) is 2.62. The maximum atomic E-state index is 12.5. The molecule has 1 heterocycles. The first kappa shape index (κ1) is 21.3. The summed E-state index contributed by atoms with van der Waals surface area (Å²) in [6.07, 6.45) is 2.73. The molecule has 0 aromatic heterocycles. The number of piperidine rings is 1. The number of carbonyl (C=O) groups excluding carboxylic acids is 1. The van der Waals surface area contributed by atoms with E-state index in [2.05, 4.69) is 29.0 Å². The van der Waals surface area contributed by atoms with E-state index in [1.165, 1.54) is 0 Å². The fourth-order valence-corrected chi connectivity index (χ4v) is 4.73. The number of amides is 1. The van der Waals surface area contributed by atoms with E-state index in [1.54, 1.807) is 11.8 Å². The number of carbonyl (C=O) groups is 1. The number of hydrogen-bond donors (Lipinski definition) is 1. The van der Waals surface area contributed by atoms with Crippen LogP contribution in [0.4, 0.5) is 4.79 Å². The molecule has 2 atom stereocenters. The van der Waals surface area contributed by atoms with Gasteiger partial charge in [0.2, 0.25) is 10.0 Å².